The van der Waals surface area contributed by atoms with Crippen molar-refractivity contribution in [3.05, 3.63) is 83.7 Å². The van der Waals surface area contributed by atoms with Crippen molar-refractivity contribution in [1.82, 2.24) is 4.98 Å². The van der Waals surface area contributed by atoms with Crippen LogP contribution < -0.4 is 15.5 Å². The molecule has 6 heteroatoms. The van der Waals surface area contributed by atoms with Crippen LogP contribution in [0.1, 0.15) is 26.5 Å². The van der Waals surface area contributed by atoms with Crippen LogP contribution in [0.2, 0.25) is 0 Å². The van der Waals surface area contributed by atoms with E-state index in [9.17, 15) is 9.59 Å². The molecule has 1 heterocycles. The number of amides is 2. The highest BCUT2D eigenvalue weighted by molar-refractivity contribution is 6.06. The van der Waals surface area contributed by atoms with E-state index in [0.717, 1.165) is 11.3 Å². The summed E-state index contributed by atoms with van der Waals surface area (Å²) in [5.41, 5.74) is 3.71. The lowest BCUT2D eigenvalue weighted by molar-refractivity contribution is 0.101. The molecule has 3 aromatic rings. The third-order valence-corrected chi connectivity index (χ3v) is 4.25. The number of hydrogen-bond donors (Lipinski definition) is 2. The maximum Gasteiger partial charge on any atom is 0.274 e. The van der Waals surface area contributed by atoms with Crippen molar-refractivity contribution in [2.45, 2.75) is 6.92 Å². The van der Waals surface area contributed by atoms with Gasteiger partial charge in [-0.3, -0.25) is 9.59 Å². The molecule has 0 saturated carbocycles. The Balaban J connectivity index is 1.72. The fourth-order valence-corrected chi connectivity index (χ4v) is 2.63. The average molecular weight is 374 g/mol. The number of aromatic nitrogens is 1. The molecule has 6 nitrogen and oxygen atoms in total. The maximum absolute atomic E-state index is 12.5. The number of carbonyl (C=O) groups is 2. The number of anilines is 3. The van der Waals surface area contributed by atoms with E-state index in [1.165, 1.54) is 0 Å². The molecule has 2 amide bonds. The first-order chi connectivity index (χ1) is 13.4. The van der Waals surface area contributed by atoms with Gasteiger partial charge in [-0.2, -0.15) is 0 Å². The Morgan fingerprint density at radius 1 is 0.786 bits per heavy atom. The lowest BCUT2D eigenvalue weighted by Gasteiger charge is -2.13. The Hall–Kier alpha value is -3.67. The van der Waals surface area contributed by atoms with Crippen LogP contribution in [0.25, 0.3) is 0 Å². The van der Waals surface area contributed by atoms with Crippen molar-refractivity contribution >= 4 is 28.9 Å². The lowest BCUT2D eigenvalue weighted by atomic mass is 10.2. The Morgan fingerprint density at radius 3 is 2.00 bits per heavy atom. The normalized spacial score (nSPS) is 10.2. The average Bonchev–Trinajstić information content (AvgIpc) is 2.70. The molecule has 0 spiro atoms. The molecule has 0 bridgehead atoms. The third kappa shape index (κ3) is 4.54. The first kappa shape index (κ1) is 19.1. The number of para-hydroxylation sites is 1. The summed E-state index contributed by atoms with van der Waals surface area (Å²) in [7, 11) is 3.90. The number of carbonyl (C=O) groups excluding carboxylic acids is 2. The molecule has 0 fully saturated rings. The third-order valence-electron chi connectivity index (χ3n) is 4.25. The quantitative estimate of drug-likeness (QED) is 0.709. The van der Waals surface area contributed by atoms with E-state index in [0.29, 0.717) is 11.4 Å². The fraction of sp³-hybridized carbons (Fsp3) is 0.136. The van der Waals surface area contributed by atoms with Crippen LogP contribution in [0.5, 0.6) is 0 Å². The van der Waals surface area contributed by atoms with E-state index < -0.39 is 0 Å². The minimum absolute atomic E-state index is 0.175. The van der Waals surface area contributed by atoms with Crippen molar-refractivity contribution < 1.29 is 9.59 Å². The molecule has 0 aliphatic rings. The molecule has 28 heavy (non-hydrogen) atoms. The van der Waals surface area contributed by atoms with Crippen LogP contribution >= 0.6 is 0 Å². The molecule has 0 atom stereocenters. The number of benzene rings is 2. The number of rotatable bonds is 5. The lowest BCUT2D eigenvalue weighted by Crippen LogP contribution is -2.18. The topological polar surface area (TPSA) is 74.3 Å². The van der Waals surface area contributed by atoms with Gasteiger partial charge in [-0.15, -0.1) is 0 Å². The first-order valence-corrected chi connectivity index (χ1v) is 8.87. The molecule has 3 rings (SSSR count). The summed E-state index contributed by atoms with van der Waals surface area (Å²) in [5.74, 6) is -0.734. The Bertz CT molecular complexity index is 997. The first-order valence-electron chi connectivity index (χ1n) is 8.87. The predicted molar refractivity (Wildman–Crippen MR) is 112 cm³/mol. The monoisotopic (exact) mass is 374 g/mol. The summed E-state index contributed by atoms with van der Waals surface area (Å²) in [6.07, 6.45) is 0. The zero-order valence-electron chi connectivity index (χ0n) is 16.1. The second-order valence-corrected chi connectivity index (χ2v) is 6.57. The number of hydrogen-bond acceptors (Lipinski definition) is 4. The fourth-order valence-electron chi connectivity index (χ4n) is 2.63. The zero-order chi connectivity index (χ0) is 20.1. The van der Waals surface area contributed by atoms with Gasteiger partial charge in [0.15, 0.2) is 0 Å². The van der Waals surface area contributed by atoms with E-state index in [1.807, 2.05) is 74.4 Å². The van der Waals surface area contributed by atoms with Crippen LogP contribution in [-0.2, 0) is 0 Å². The van der Waals surface area contributed by atoms with Crippen molar-refractivity contribution in [3.8, 4) is 0 Å². The number of pyridine rings is 1. The van der Waals surface area contributed by atoms with Gasteiger partial charge in [-0.1, -0.05) is 24.3 Å². The van der Waals surface area contributed by atoms with Crippen LogP contribution in [-0.4, -0.2) is 30.9 Å². The number of nitrogens with one attached hydrogen (secondary N) is 2. The van der Waals surface area contributed by atoms with E-state index >= 15 is 0 Å². The SMILES string of the molecule is Cc1ccccc1NC(=O)c1cccc(C(=O)Nc2ccc(N(C)C)cc2)n1. The van der Waals surface area contributed by atoms with Crippen molar-refractivity contribution in [2.75, 3.05) is 29.6 Å². The van der Waals surface area contributed by atoms with Gasteiger partial charge in [0, 0.05) is 31.2 Å². The van der Waals surface area contributed by atoms with Gasteiger partial charge < -0.3 is 15.5 Å². The molecule has 0 aliphatic carbocycles. The summed E-state index contributed by atoms with van der Waals surface area (Å²) in [4.78, 5) is 31.2. The Kier molecular flexibility index (Phi) is 5.69. The van der Waals surface area contributed by atoms with Crippen LogP contribution in [0.3, 0.4) is 0 Å². The smallest absolute Gasteiger partial charge is 0.274 e. The highest BCUT2D eigenvalue weighted by Gasteiger charge is 2.13. The van der Waals surface area contributed by atoms with Gasteiger partial charge in [0.2, 0.25) is 0 Å². The van der Waals surface area contributed by atoms with Gasteiger partial charge >= 0.3 is 0 Å². The molecular formula is C22H22N4O2. The van der Waals surface area contributed by atoms with Crippen LogP contribution in [0.4, 0.5) is 17.1 Å². The van der Waals surface area contributed by atoms with E-state index in [-0.39, 0.29) is 23.2 Å². The molecule has 142 valence electrons. The maximum atomic E-state index is 12.5. The molecule has 0 unspecified atom stereocenters. The van der Waals surface area contributed by atoms with Crippen LogP contribution in [0.15, 0.2) is 66.7 Å². The highest BCUT2D eigenvalue weighted by Crippen LogP contribution is 2.17. The molecule has 2 N–H and O–H groups in total. The predicted octanol–water partition coefficient (Wildman–Crippen LogP) is 3.96. The summed E-state index contributed by atoms with van der Waals surface area (Å²) >= 11 is 0. The van der Waals surface area contributed by atoms with Crippen molar-refractivity contribution in [3.63, 3.8) is 0 Å². The standard InChI is InChI=1S/C22H22N4O2/c1-15-7-4-5-8-18(15)25-22(28)20-10-6-9-19(24-20)21(27)23-16-11-13-17(14-12-16)26(2)3/h4-14H,1-3H3,(H,23,27)(H,25,28). The minimum atomic E-state index is -0.372. The van der Waals surface area contributed by atoms with Gasteiger partial charge in [0.25, 0.3) is 11.8 Å². The van der Waals surface area contributed by atoms with Crippen molar-refractivity contribution in [1.29, 1.82) is 0 Å². The Morgan fingerprint density at radius 2 is 1.39 bits per heavy atom. The summed E-state index contributed by atoms with van der Waals surface area (Å²) in [5, 5.41) is 5.62. The summed E-state index contributed by atoms with van der Waals surface area (Å²) in [6.45, 7) is 1.91. The number of nitrogens with zero attached hydrogens (tertiary/aromatic N) is 2. The van der Waals surface area contributed by atoms with Gasteiger partial charge in [-0.05, 0) is 55.0 Å². The Labute approximate surface area is 164 Å². The molecule has 1 aromatic heterocycles. The minimum Gasteiger partial charge on any atom is -0.378 e. The van der Waals surface area contributed by atoms with Gasteiger partial charge in [-0.25, -0.2) is 4.98 Å². The van der Waals surface area contributed by atoms with Gasteiger partial charge in [0.05, 0.1) is 0 Å². The van der Waals surface area contributed by atoms with Gasteiger partial charge in [0.1, 0.15) is 11.4 Å². The highest BCUT2D eigenvalue weighted by atomic mass is 16.2. The summed E-state index contributed by atoms with van der Waals surface area (Å²) < 4.78 is 0. The summed E-state index contributed by atoms with van der Waals surface area (Å²) in [6, 6.07) is 19.7. The second-order valence-electron chi connectivity index (χ2n) is 6.57. The van der Waals surface area contributed by atoms with Crippen molar-refractivity contribution in [2.24, 2.45) is 0 Å². The molecule has 2 aromatic carbocycles. The van der Waals surface area contributed by atoms with Crippen LogP contribution in [0, 0.1) is 6.92 Å². The van der Waals surface area contributed by atoms with E-state index in [2.05, 4.69) is 15.6 Å². The number of aryl methyl sites for hydroxylation is 1. The molecule has 0 saturated heterocycles. The molecular weight excluding hydrogens is 352 g/mol. The zero-order valence-corrected chi connectivity index (χ0v) is 16.1. The molecule has 0 radical (unpaired) electrons. The second kappa shape index (κ2) is 8.35. The van der Waals surface area contributed by atoms with E-state index in [4.69, 9.17) is 0 Å². The largest absolute Gasteiger partial charge is 0.378 e. The van der Waals surface area contributed by atoms with E-state index in [1.54, 1.807) is 18.2 Å². The molecule has 0 aliphatic heterocycles.